The Morgan fingerprint density at radius 2 is 2.00 bits per heavy atom. The van der Waals surface area contributed by atoms with Gasteiger partial charge >= 0.3 is 0 Å². The zero-order chi connectivity index (χ0) is 15.7. The van der Waals surface area contributed by atoms with Gasteiger partial charge in [-0.05, 0) is 29.7 Å². The summed E-state index contributed by atoms with van der Waals surface area (Å²) in [5.74, 6) is 0.0306. The number of amides is 1. The molecule has 2 aromatic rings. The number of carbonyl (C=O) groups is 1. The Kier molecular flexibility index (Phi) is 3.85. The summed E-state index contributed by atoms with van der Waals surface area (Å²) in [6.45, 7) is 1.98. The van der Waals surface area contributed by atoms with Crippen LogP contribution < -0.4 is 5.32 Å². The second kappa shape index (κ2) is 5.81. The lowest BCUT2D eigenvalue weighted by Crippen LogP contribution is -2.28. The summed E-state index contributed by atoms with van der Waals surface area (Å²) in [5.41, 5.74) is 2.57. The first-order chi connectivity index (χ1) is 10.6. The first kappa shape index (κ1) is 14.6. The van der Waals surface area contributed by atoms with Crippen LogP contribution in [0.2, 0.25) is 0 Å². The quantitative estimate of drug-likeness (QED) is 0.684. The summed E-state index contributed by atoms with van der Waals surface area (Å²) < 4.78 is 0. The monoisotopic (exact) mass is 314 g/mol. The third-order valence-corrected chi connectivity index (χ3v) is 4.99. The molecule has 1 N–H and O–H groups in total. The third-order valence-electron chi connectivity index (χ3n) is 3.56. The van der Waals surface area contributed by atoms with Gasteiger partial charge in [0.05, 0.1) is 15.9 Å². The zero-order valence-corrected chi connectivity index (χ0v) is 12.7. The zero-order valence-electron chi connectivity index (χ0n) is 11.9. The number of nitro groups is 1. The van der Waals surface area contributed by atoms with E-state index in [9.17, 15) is 14.9 Å². The number of hydrogen-bond acceptors (Lipinski definition) is 4. The summed E-state index contributed by atoms with van der Waals surface area (Å²) in [4.78, 5) is 23.3. The van der Waals surface area contributed by atoms with Crippen LogP contribution in [-0.2, 0) is 4.79 Å². The average Bonchev–Trinajstić information content (AvgIpc) is 2.54. The topological polar surface area (TPSA) is 72.2 Å². The number of fused-ring (bicyclic) bond motifs is 1. The van der Waals surface area contributed by atoms with Gasteiger partial charge in [-0.2, -0.15) is 0 Å². The fourth-order valence-electron chi connectivity index (χ4n) is 2.39. The molecule has 1 amide bonds. The summed E-state index contributed by atoms with van der Waals surface area (Å²) >= 11 is 1.54. The van der Waals surface area contributed by atoms with Crippen molar-refractivity contribution < 1.29 is 9.72 Å². The molecule has 1 heterocycles. The van der Waals surface area contributed by atoms with Crippen molar-refractivity contribution in [3.8, 4) is 11.1 Å². The van der Waals surface area contributed by atoms with Crippen LogP contribution in [0.15, 0.2) is 47.4 Å². The van der Waals surface area contributed by atoms with Crippen LogP contribution in [0.3, 0.4) is 0 Å². The lowest BCUT2D eigenvalue weighted by molar-refractivity contribution is -0.384. The maximum absolute atomic E-state index is 11.9. The van der Waals surface area contributed by atoms with E-state index in [0.29, 0.717) is 0 Å². The molecule has 5 nitrogen and oxygen atoms in total. The molecule has 1 atom stereocenters. The van der Waals surface area contributed by atoms with Gasteiger partial charge in [0.25, 0.3) is 5.69 Å². The largest absolute Gasteiger partial charge is 0.324 e. The molecule has 0 radical (unpaired) electrons. The van der Waals surface area contributed by atoms with Crippen molar-refractivity contribution in [3.63, 3.8) is 0 Å². The number of non-ortho nitro benzene ring substituents is 1. The Bertz CT molecular complexity index is 761. The van der Waals surface area contributed by atoms with E-state index in [1.54, 1.807) is 12.1 Å². The van der Waals surface area contributed by atoms with E-state index in [-0.39, 0.29) is 16.8 Å². The van der Waals surface area contributed by atoms with Crippen LogP contribution in [0.25, 0.3) is 11.1 Å². The Morgan fingerprint density at radius 3 is 2.73 bits per heavy atom. The molecule has 1 aliphatic heterocycles. The molecule has 0 bridgehead atoms. The molecule has 0 saturated carbocycles. The maximum atomic E-state index is 11.9. The van der Waals surface area contributed by atoms with Crippen molar-refractivity contribution in [2.24, 2.45) is 0 Å². The van der Waals surface area contributed by atoms with Crippen LogP contribution in [-0.4, -0.2) is 16.1 Å². The highest BCUT2D eigenvalue weighted by molar-refractivity contribution is 8.01. The Morgan fingerprint density at radius 1 is 1.23 bits per heavy atom. The van der Waals surface area contributed by atoms with Crippen molar-refractivity contribution in [2.75, 3.05) is 5.32 Å². The van der Waals surface area contributed by atoms with Gasteiger partial charge in [0.2, 0.25) is 5.91 Å². The van der Waals surface area contributed by atoms with Gasteiger partial charge in [-0.1, -0.05) is 25.1 Å². The number of nitrogens with one attached hydrogen (secondary N) is 1. The number of nitro benzene ring substituents is 1. The minimum absolute atomic E-state index is 0.0306. The molecule has 0 aliphatic carbocycles. The van der Waals surface area contributed by atoms with Crippen LogP contribution in [0, 0.1) is 10.1 Å². The molecule has 1 aliphatic rings. The van der Waals surface area contributed by atoms with Crippen molar-refractivity contribution in [1.82, 2.24) is 0 Å². The van der Waals surface area contributed by atoms with Crippen molar-refractivity contribution >= 4 is 29.0 Å². The number of rotatable bonds is 3. The van der Waals surface area contributed by atoms with E-state index in [1.807, 2.05) is 31.2 Å². The van der Waals surface area contributed by atoms with Crippen LogP contribution >= 0.6 is 11.8 Å². The molecule has 0 saturated heterocycles. The Hall–Kier alpha value is -2.34. The molecule has 6 heteroatoms. The van der Waals surface area contributed by atoms with E-state index in [0.717, 1.165) is 28.1 Å². The normalized spacial score (nSPS) is 16.8. The second-order valence-electron chi connectivity index (χ2n) is 5.02. The summed E-state index contributed by atoms with van der Waals surface area (Å²) in [6.07, 6.45) is 0.761. The molecule has 0 fully saturated rings. The van der Waals surface area contributed by atoms with E-state index in [4.69, 9.17) is 0 Å². The highest BCUT2D eigenvalue weighted by atomic mass is 32.2. The van der Waals surface area contributed by atoms with E-state index in [2.05, 4.69) is 5.32 Å². The lowest BCUT2D eigenvalue weighted by atomic mass is 10.0. The Balaban J connectivity index is 1.99. The molecule has 3 rings (SSSR count). The van der Waals surface area contributed by atoms with Gasteiger partial charge in [-0.25, -0.2) is 0 Å². The smallest absolute Gasteiger partial charge is 0.270 e. The molecule has 1 unspecified atom stereocenters. The first-order valence-corrected chi connectivity index (χ1v) is 7.83. The number of carbonyl (C=O) groups excluding carboxylic acids is 1. The SMILES string of the molecule is CCC1Sc2cc(-c3cccc([N+](=O)[O-])c3)ccc2NC1=O. The lowest BCUT2D eigenvalue weighted by Gasteiger charge is -2.23. The molecular weight excluding hydrogens is 300 g/mol. The fraction of sp³-hybridized carbons (Fsp3) is 0.188. The van der Waals surface area contributed by atoms with Crippen LogP contribution in [0.5, 0.6) is 0 Å². The highest BCUT2D eigenvalue weighted by Crippen LogP contribution is 2.39. The van der Waals surface area contributed by atoms with Gasteiger partial charge in [0, 0.05) is 17.0 Å². The molecule has 112 valence electrons. The van der Waals surface area contributed by atoms with E-state index >= 15 is 0 Å². The Labute approximate surface area is 131 Å². The number of anilines is 1. The number of thioether (sulfide) groups is 1. The standard InChI is InChI=1S/C16H14N2O3S/c1-2-14-16(19)17-13-7-6-11(9-15(13)22-14)10-4-3-5-12(8-10)18(20)21/h3-9,14H,2H2,1H3,(H,17,19). The van der Waals surface area contributed by atoms with Crippen LogP contribution in [0.1, 0.15) is 13.3 Å². The van der Waals surface area contributed by atoms with Gasteiger partial charge in [0.1, 0.15) is 0 Å². The summed E-state index contributed by atoms with van der Waals surface area (Å²) in [6, 6.07) is 12.2. The predicted molar refractivity (Wildman–Crippen MR) is 87.1 cm³/mol. The van der Waals surface area contributed by atoms with E-state index < -0.39 is 4.92 Å². The average molecular weight is 314 g/mol. The summed E-state index contributed by atoms with van der Waals surface area (Å²) in [7, 11) is 0. The van der Waals surface area contributed by atoms with Crippen molar-refractivity contribution in [3.05, 3.63) is 52.6 Å². The summed E-state index contributed by atoms with van der Waals surface area (Å²) in [5, 5.41) is 13.7. The van der Waals surface area contributed by atoms with Gasteiger partial charge in [-0.15, -0.1) is 11.8 Å². The van der Waals surface area contributed by atoms with Gasteiger partial charge < -0.3 is 5.32 Å². The first-order valence-electron chi connectivity index (χ1n) is 6.95. The number of hydrogen-bond donors (Lipinski definition) is 1. The maximum Gasteiger partial charge on any atom is 0.270 e. The van der Waals surface area contributed by atoms with E-state index in [1.165, 1.54) is 17.8 Å². The van der Waals surface area contributed by atoms with Gasteiger partial charge in [0.15, 0.2) is 0 Å². The fourth-order valence-corrected chi connectivity index (χ4v) is 3.47. The molecule has 2 aromatic carbocycles. The molecule has 0 spiro atoms. The number of benzene rings is 2. The van der Waals surface area contributed by atoms with Crippen LogP contribution in [0.4, 0.5) is 11.4 Å². The second-order valence-corrected chi connectivity index (χ2v) is 6.27. The molecule has 0 aromatic heterocycles. The van der Waals surface area contributed by atoms with Crippen molar-refractivity contribution in [1.29, 1.82) is 0 Å². The van der Waals surface area contributed by atoms with Gasteiger partial charge in [-0.3, -0.25) is 14.9 Å². The predicted octanol–water partition coefficient (Wildman–Crippen LogP) is 4.08. The van der Waals surface area contributed by atoms with Crippen molar-refractivity contribution in [2.45, 2.75) is 23.5 Å². The molecular formula is C16H14N2O3S. The minimum Gasteiger partial charge on any atom is -0.324 e. The number of nitrogens with zero attached hydrogens (tertiary/aromatic N) is 1. The third kappa shape index (κ3) is 2.69. The molecule has 22 heavy (non-hydrogen) atoms. The minimum atomic E-state index is -0.399. The highest BCUT2D eigenvalue weighted by Gasteiger charge is 2.25.